The predicted molar refractivity (Wildman–Crippen MR) is 320 cm³/mol. The monoisotopic (exact) mass is 963 g/mol. The Labute approximate surface area is 443 Å². The molecular weight excluding hydrogens is 903 g/mol. The number of fused-ring (bicyclic) bond motifs is 7. The molecule has 0 fully saturated rings. The molecule has 0 radical (unpaired) electrons. The minimum Gasteiger partial charge on any atom is -0.309 e. The Bertz CT molecular complexity index is 4010. The summed E-state index contributed by atoms with van der Waals surface area (Å²) in [6.45, 7) is 16.3. The van der Waals surface area contributed by atoms with E-state index in [1.54, 1.807) is 0 Å². The number of nitrogens with zero attached hydrogens (tertiary/aromatic N) is 1. The molecule has 0 aliphatic heterocycles. The van der Waals surface area contributed by atoms with Crippen LogP contribution in [0.5, 0.6) is 0 Å². The molecule has 13 rings (SSSR count). The molecule has 1 heteroatoms. The van der Waals surface area contributed by atoms with Crippen LogP contribution < -0.4 is 4.90 Å². The third-order valence-electron chi connectivity index (χ3n) is 16.7. The van der Waals surface area contributed by atoms with Crippen LogP contribution in [0.2, 0.25) is 0 Å². The lowest BCUT2D eigenvalue weighted by atomic mass is 9.81. The van der Waals surface area contributed by atoms with E-state index >= 15 is 0 Å². The maximum absolute atomic E-state index is 2.57. The van der Waals surface area contributed by atoms with Gasteiger partial charge in [0.15, 0.2) is 0 Å². The normalized spacial score (nSPS) is 13.7. The van der Waals surface area contributed by atoms with Crippen LogP contribution in [0.4, 0.5) is 17.1 Å². The quantitative estimate of drug-likeness (QED) is 0.147. The number of benzene rings is 11. The third-order valence-corrected chi connectivity index (χ3v) is 16.7. The summed E-state index contributed by atoms with van der Waals surface area (Å²) < 4.78 is 0. The number of anilines is 3. The SMILES string of the molecule is CC(C)(C)c1ccc(-c2ccc(-c3ccc(N(c4ccc5c(c4)-c4ccccc4C5(C)C)c4ccc5ccccc5c4-c4ccccc4-c4cccc5c4-c4ccccc4C5(C)C)c(-c4ccccc4)c3)cc2)cc1. The number of hydrogen-bond acceptors (Lipinski definition) is 1. The van der Waals surface area contributed by atoms with Gasteiger partial charge >= 0.3 is 0 Å². The van der Waals surface area contributed by atoms with E-state index in [0.717, 1.165) is 28.2 Å². The first kappa shape index (κ1) is 46.3. The summed E-state index contributed by atoms with van der Waals surface area (Å²) in [6, 6.07) is 91.3. The van der Waals surface area contributed by atoms with Crippen molar-refractivity contribution in [1.29, 1.82) is 0 Å². The first-order valence-corrected chi connectivity index (χ1v) is 26.7. The minimum absolute atomic E-state index is 0.108. The lowest BCUT2D eigenvalue weighted by molar-refractivity contribution is 0.590. The molecular formula is C74H61N. The van der Waals surface area contributed by atoms with Crippen molar-refractivity contribution in [1.82, 2.24) is 0 Å². The van der Waals surface area contributed by atoms with E-state index in [2.05, 4.69) is 296 Å². The second kappa shape index (κ2) is 17.6. The molecule has 0 N–H and O–H groups in total. The zero-order chi connectivity index (χ0) is 51.2. The zero-order valence-electron chi connectivity index (χ0n) is 44.0. The van der Waals surface area contributed by atoms with Gasteiger partial charge in [0.25, 0.3) is 0 Å². The minimum atomic E-state index is -0.131. The highest BCUT2D eigenvalue weighted by molar-refractivity contribution is 6.10. The summed E-state index contributed by atoms with van der Waals surface area (Å²) in [5.41, 5.74) is 27.2. The van der Waals surface area contributed by atoms with E-state index in [1.165, 1.54) is 105 Å². The summed E-state index contributed by atoms with van der Waals surface area (Å²) in [4.78, 5) is 2.57. The Morgan fingerprint density at radius 2 is 0.827 bits per heavy atom. The van der Waals surface area contributed by atoms with E-state index in [0.29, 0.717) is 0 Å². The second-order valence-electron chi connectivity index (χ2n) is 22.9. The molecule has 0 saturated heterocycles. The van der Waals surface area contributed by atoms with Crippen LogP contribution in [0.25, 0.3) is 88.7 Å². The Kier molecular flexibility index (Phi) is 10.8. The second-order valence-corrected chi connectivity index (χ2v) is 22.9. The fraction of sp³-hybridized carbons (Fsp3) is 0.135. The molecule has 0 amide bonds. The van der Waals surface area contributed by atoms with Crippen molar-refractivity contribution < 1.29 is 0 Å². The molecule has 0 heterocycles. The molecule has 2 aliphatic carbocycles. The van der Waals surface area contributed by atoms with Crippen molar-refractivity contribution >= 4 is 27.8 Å². The van der Waals surface area contributed by atoms with Gasteiger partial charge in [-0.05, 0) is 141 Å². The summed E-state index contributed by atoms with van der Waals surface area (Å²) in [5.74, 6) is 0. The average Bonchev–Trinajstić information content (AvgIpc) is 3.84. The molecule has 0 saturated carbocycles. The van der Waals surface area contributed by atoms with Gasteiger partial charge in [-0.1, -0.05) is 261 Å². The highest BCUT2D eigenvalue weighted by Crippen LogP contribution is 2.56. The molecule has 11 aromatic rings. The maximum Gasteiger partial charge on any atom is 0.0546 e. The van der Waals surface area contributed by atoms with Gasteiger partial charge in [-0.3, -0.25) is 0 Å². The smallest absolute Gasteiger partial charge is 0.0546 e. The van der Waals surface area contributed by atoms with E-state index in [-0.39, 0.29) is 16.2 Å². The zero-order valence-corrected chi connectivity index (χ0v) is 44.0. The molecule has 11 aromatic carbocycles. The van der Waals surface area contributed by atoms with Crippen molar-refractivity contribution in [3.8, 4) is 77.9 Å². The summed E-state index contributed by atoms with van der Waals surface area (Å²) >= 11 is 0. The highest BCUT2D eigenvalue weighted by Gasteiger charge is 2.38. The van der Waals surface area contributed by atoms with E-state index in [1.807, 2.05) is 0 Å². The van der Waals surface area contributed by atoms with Gasteiger partial charge in [0.1, 0.15) is 0 Å². The van der Waals surface area contributed by atoms with Crippen LogP contribution in [0.15, 0.2) is 243 Å². The van der Waals surface area contributed by atoms with Crippen LogP contribution in [-0.2, 0) is 16.2 Å². The van der Waals surface area contributed by atoms with Crippen LogP contribution in [-0.4, -0.2) is 0 Å². The van der Waals surface area contributed by atoms with E-state index < -0.39 is 0 Å². The molecule has 362 valence electrons. The first-order valence-electron chi connectivity index (χ1n) is 26.7. The third kappa shape index (κ3) is 7.59. The lowest BCUT2D eigenvalue weighted by Crippen LogP contribution is -2.16. The molecule has 2 aliphatic rings. The molecule has 1 nitrogen and oxygen atoms in total. The van der Waals surface area contributed by atoms with Gasteiger partial charge < -0.3 is 4.90 Å². The fourth-order valence-corrected chi connectivity index (χ4v) is 12.7. The van der Waals surface area contributed by atoms with Crippen molar-refractivity contribution in [3.05, 3.63) is 270 Å². The number of hydrogen-bond donors (Lipinski definition) is 0. The average molecular weight is 964 g/mol. The van der Waals surface area contributed by atoms with Crippen LogP contribution in [0.1, 0.15) is 76.3 Å². The van der Waals surface area contributed by atoms with E-state index in [4.69, 9.17) is 0 Å². The van der Waals surface area contributed by atoms with Gasteiger partial charge in [-0.15, -0.1) is 0 Å². The molecule has 0 aromatic heterocycles. The van der Waals surface area contributed by atoms with Crippen molar-refractivity contribution in [2.45, 2.75) is 64.7 Å². The molecule has 0 atom stereocenters. The summed E-state index contributed by atoms with van der Waals surface area (Å²) in [7, 11) is 0. The Morgan fingerprint density at radius 1 is 0.307 bits per heavy atom. The van der Waals surface area contributed by atoms with Crippen LogP contribution in [0, 0.1) is 0 Å². The van der Waals surface area contributed by atoms with Crippen LogP contribution >= 0.6 is 0 Å². The Morgan fingerprint density at radius 3 is 1.55 bits per heavy atom. The van der Waals surface area contributed by atoms with Crippen molar-refractivity contribution in [2.24, 2.45) is 0 Å². The standard InChI is InChI=1S/C74H61N/c1-72(2,3)54-40-36-49(37-41-54)48-32-34-50(35-33-48)53-39-44-68(62(46-53)51-20-9-8-10-21-51)75(55-42-43-66-63(47-55)58-25-15-17-29-64(58)73(66,4)5)69-45-38-52-22-11-12-23-56(52)71(69)60-26-14-13-24-57(60)59-28-19-31-67-70(59)61-27-16-18-30-65(61)74(67,6)7/h8-47H,1-7H3. The van der Waals surface area contributed by atoms with Crippen molar-refractivity contribution in [2.75, 3.05) is 4.90 Å². The van der Waals surface area contributed by atoms with Gasteiger partial charge in [0, 0.05) is 27.6 Å². The lowest BCUT2D eigenvalue weighted by Gasteiger charge is -2.32. The van der Waals surface area contributed by atoms with Crippen molar-refractivity contribution in [3.63, 3.8) is 0 Å². The summed E-state index contributed by atoms with van der Waals surface area (Å²) in [5, 5.41) is 2.41. The Hall–Kier alpha value is -8.52. The summed E-state index contributed by atoms with van der Waals surface area (Å²) in [6.07, 6.45) is 0. The molecule has 75 heavy (non-hydrogen) atoms. The van der Waals surface area contributed by atoms with E-state index in [9.17, 15) is 0 Å². The molecule has 0 spiro atoms. The van der Waals surface area contributed by atoms with Gasteiger partial charge in [-0.25, -0.2) is 0 Å². The topological polar surface area (TPSA) is 3.24 Å². The highest BCUT2D eigenvalue weighted by atomic mass is 15.1. The fourth-order valence-electron chi connectivity index (χ4n) is 12.7. The Balaban J connectivity index is 1.05. The predicted octanol–water partition coefficient (Wildman–Crippen LogP) is 20.6. The van der Waals surface area contributed by atoms with Gasteiger partial charge in [0.05, 0.1) is 11.4 Å². The molecule has 0 bridgehead atoms. The van der Waals surface area contributed by atoms with Gasteiger partial charge in [-0.2, -0.15) is 0 Å². The van der Waals surface area contributed by atoms with Gasteiger partial charge in [0.2, 0.25) is 0 Å². The molecule has 0 unspecified atom stereocenters. The number of rotatable bonds is 8. The van der Waals surface area contributed by atoms with Crippen LogP contribution in [0.3, 0.4) is 0 Å². The maximum atomic E-state index is 2.57. The first-order chi connectivity index (χ1) is 36.4. The largest absolute Gasteiger partial charge is 0.309 e.